The number of aromatic nitrogens is 1. The number of thiophene rings is 1. The molecule has 23 heavy (non-hydrogen) atoms. The number of nitrogens with one attached hydrogen (secondary N) is 1. The molecule has 8 heteroatoms. The van der Waals surface area contributed by atoms with Gasteiger partial charge in [0.2, 0.25) is 0 Å². The first-order chi connectivity index (χ1) is 11.2. The number of nitrogens with zero attached hydrogens (tertiary/aromatic N) is 2. The Morgan fingerprint density at radius 3 is 2.78 bits per heavy atom. The number of anilines is 1. The van der Waals surface area contributed by atoms with E-state index in [4.69, 9.17) is 21.1 Å². The average Bonchev–Trinajstić information content (AvgIpc) is 2.94. The largest absolute Gasteiger partial charge is 0.378 e. The maximum absolute atomic E-state index is 12.3. The zero-order valence-corrected chi connectivity index (χ0v) is 14.0. The Morgan fingerprint density at radius 1 is 1.30 bits per heavy atom. The van der Waals surface area contributed by atoms with Gasteiger partial charge in [0.05, 0.1) is 53.3 Å². The number of hydrogen-bond donors (Lipinski definition) is 1. The molecule has 0 bridgehead atoms. The second-order valence-electron chi connectivity index (χ2n) is 5.60. The van der Waals surface area contributed by atoms with Crippen molar-refractivity contribution in [2.24, 2.45) is 0 Å². The Morgan fingerprint density at radius 2 is 2.09 bits per heavy atom. The molecule has 1 N–H and O–H groups in total. The number of halogens is 1. The van der Waals surface area contributed by atoms with E-state index in [1.807, 2.05) is 12.1 Å². The quantitative estimate of drug-likeness (QED) is 0.854. The number of fused-ring (bicyclic) bond motifs is 1. The molecule has 0 aliphatic carbocycles. The third-order valence-corrected chi connectivity index (χ3v) is 5.32. The van der Waals surface area contributed by atoms with Crippen molar-refractivity contribution in [3.63, 3.8) is 0 Å². The van der Waals surface area contributed by atoms with Gasteiger partial charge in [-0.2, -0.15) is 0 Å². The van der Waals surface area contributed by atoms with Gasteiger partial charge in [0, 0.05) is 19.2 Å². The Kier molecular flexibility index (Phi) is 4.11. The summed E-state index contributed by atoms with van der Waals surface area (Å²) in [6.45, 7) is 4.19. The number of amides is 1. The minimum atomic E-state index is -0.0784. The van der Waals surface area contributed by atoms with Crippen LogP contribution in [0.25, 0.3) is 10.2 Å². The van der Waals surface area contributed by atoms with E-state index in [0.717, 1.165) is 29.0 Å². The van der Waals surface area contributed by atoms with Crippen molar-refractivity contribution in [1.82, 2.24) is 10.3 Å². The Hall–Kier alpha value is -1.41. The van der Waals surface area contributed by atoms with Gasteiger partial charge in [0.1, 0.15) is 5.15 Å². The van der Waals surface area contributed by atoms with Crippen molar-refractivity contribution in [1.29, 1.82) is 0 Å². The number of pyridine rings is 1. The first-order valence-corrected chi connectivity index (χ1v) is 8.71. The fourth-order valence-electron chi connectivity index (χ4n) is 2.70. The lowest BCUT2D eigenvalue weighted by Gasteiger charge is -2.29. The smallest absolute Gasteiger partial charge is 0.261 e. The predicted octanol–water partition coefficient (Wildman–Crippen LogP) is 1.91. The Labute approximate surface area is 142 Å². The minimum absolute atomic E-state index is 0.0784. The molecular weight excluding hydrogens is 338 g/mol. The van der Waals surface area contributed by atoms with Gasteiger partial charge >= 0.3 is 0 Å². The Balaban J connectivity index is 1.67. The molecule has 0 atom stereocenters. The topological polar surface area (TPSA) is 63.7 Å². The van der Waals surface area contributed by atoms with Crippen molar-refractivity contribution in [3.8, 4) is 0 Å². The molecular formula is C15H16ClN3O3S. The van der Waals surface area contributed by atoms with E-state index in [1.165, 1.54) is 11.3 Å². The van der Waals surface area contributed by atoms with E-state index >= 15 is 0 Å². The molecule has 0 aromatic carbocycles. The normalized spacial score (nSPS) is 18.9. The van der Waals surface area contributed by atoms with Crippen LogP contribution < -0.4 is 10.2 Å². The summed E-state index contributed by atoms with van der Waals surface area (Å²) in [6, 6.07) is 3.79. The van der Waals surface area contributed by atoms with Gasteiger partial charge in [-0.3, -0.25) is 4.79 Å². The summed E-state index contributed by atoms with van der Waals surface area (Å²) in [4.78, 5) is 19.6. The zero-order chi connectivity index (χ0) is 15.8. The third kappa shape index (κ3) is 3.01. The molecule has 122 valence electrons. The standard InChI is InChI=1S/C15H16ClN3O3S/c16-13-6-11(19-1-3-21-4-2-19)14-10(18-13)5-12(23-14)15(20)17-9-7-22-8-9/h5-6,9H,1-4,7-8H2,(H,17,20). The van der Waals surface area contributed by atoms with E-state index in [2.05, 4.69) is 15.2 Å². The van der Waals surface area contributed by atoms with Crippen LogP contribution in [0, 0.1) is 0 Å². The lowest BCUT2D eigenvalue weighted by molar-refractivity contribution is -0.00338. The third-order valence-electron chi connectivity index (χ3n) is 3.98. The molecule has 6 nitrogen and oxygen atoms in total. The van der Waals surface area contributed by atoms with Gasteiger partial charge in [-0.05, 0) is 6.07 Å². The maximum atomic E-state index is 12.3. The van der Waals surface area contributed by atoms with Gasteiger partial charge < -0.3 is 19.7 Å². The summed E-state index contributed by atoms with van der Waals surface area (Å²) in [5.41, 5.74) is 1.79. The highest BCUT2D eigenvalue weighted by Crippen LogP contribution is 2.35. The first-order valence-electron chi connectivity index (χ1n) is 7.52. The number of hydrogen-bond acceptors (Lipinski definition) is 6. The molecule has 4 heterocycles. The van der Waals surface area contributed by atoms with Crippen LogP contribution in [0.2, 0.25) is 5.15 Å². The molecule has 2 aromatic rings. The van der Waals surface area contributed by atoms with Gasteiger partial charge in [-0.25, -0.2) is 4.98 Å². The average molecular weight is 354 g/mol. The van der Waals surface area contributed by atoms with Crippen LogP contribution in [0.5, 0.6) is 0 Å². The van der Waals surface area contributed by atoms with Crippen molar-refractivity contribution >= 4 is 44.7 Å². The monoisotopic (exact) mass is 353 g/mol. The van der Waals surface area contributed by atoms with Gasteiger partial charge in [0.15, 0.2) is 0 Å². The van der Waals surface area contributed by atoms with Crippen LogP contribution in [0.3, 0.4) is 0 Å². The molecule has 2 aliphatic rings. The highest BCUT2D eigenvalue weighted by molar-refractivity contribution is 7.21. The molecule has 2 aliphatic heterocycles. The molecule has 0 saturated carbocycles. The van der Waals surface area contributed by atoms with Crippen LogP contribution in [-0.2, 0) is 9.47 Å². The summed E-state index contributed by atoms with van der Waals surface area (Å²) in [5, 5.41) is 3.40. The van der Waals surface area contributed by atoms with Gasteiger partial charge in [0.25, 0.3) is 5.91 Å². The van der Waals surface area contributed by atoms with Crippen molar-refractivity contribution in [3.05, 3.63) is 22.2 Å². The van der Waals surface area contributed by atoms with Crippen LogP contribution >= 0.6 is 22.9 Å². The number of carbonyl (C=O) groups is 1. The SMILES string of the molecule is O=C(NC1COC1)c1cc2nc(Cl)cc(N3CCOCC3)c2s1. The minimum Gasteiger partial charge on any atom is -0.378 e. The van der Waals surface area contributed by atoms with E-state index in [9.17, 15) is 4.79 Å². The fraction of sp³-hybridized carbons (Fsp3) is 0.467. The van der Waals surface area contributed by atoms with Gasteiger partial charge in [-0.1, -0.05) is 11.6 Å². The second kappa shape index (κ2) is 6.24. The lowest BCUT2D eigenvalue weighted by atomic mass is 10.2. The maximum Gasteiger partial charge on any atom is 0.261 e. The summed E-state index contributed by atoms with van der Waals surface area (Å²) >= 11 is 7.62. The second-order valence-corrected chi connectivity index (χ2v) is 7.04. The number of ether oxygens (including phenoxy) is 2. The summed E-state index contributed by atoms with van der Waals surface area (Å²) in [6.07, 6.45) is 0. The van der Waals surface area contributed by atoms with Crippen LogP contribution in [0.15, 0.2) is 12.1 Å². The summed E-state index contributed by atoms with van der Waals surface area (Å²) in [5.74, 6) is -0.0784. The van der Waals surface area contributed by atoms with Gasteiger partial charge in [-0.15, -0.1) is 11.3 Å². The van der Waals surface area contributed by atoms with E-state index in [0.29, 0.717) is 36.5 Å². The molecule has 0 unspecified atom stereocenters. The molecule has 2 fully saturated rings. The Bertz CT molecular complexity index is 741. The lowest BCUT2D eigenvalue weighted by Crippen LogP contribution is -2.48. The number of morpholine rings is 1. The highest BCUT2D eigenvalue weighted by atomic mass is 35.5. The molecule has 0 spiro atoms. The fourth-order valence-corrected chi connectivity index (χ4v) is 3.94. The molecule has 2 saturated heterocycles. The first kappa shape index (κ1) is 15.1. The summed E-state index contributed by atoms with van der Waals surface area (Å²) in [7, 11) is 0. The summed E-state index contributed by atoms with van der Waals surface area (Å²) < 4.78 is 11.5. The number of carbonyl (C=O) groups excluding carboxylic acids is 1. The van der Waals surface area contributed by atoms with E-state index < -0.39 is 0 Å². The van der Waals surface area contributed by atoms with Crippen LogP contribution in [0.1, 0.15) is 9.67 Å². The van der Waals surface area contributed by atoms with Crippen LogP contribution in [-0.4, -0.2) is 56.5 Å². The van der Waals surface area contributed by atoms with Crippen LogP contribution in [0.4, 0.5) is 5.69 Å². The highest BCUT2D eigenvalue weighted by Gasteiger charge is 2.23. The molecule has 2 aromatic heterocycles. The molecule has 4 rings (SSSR count). The zero-order valence-electron chi connectivity index (χ0n) is 12.4. The molecule has 0 radical (unpaired) electrons. The van der Waals surface area contributed by atoms with Crippen molar-refractivity contribution < 1.29 is 14.3 Å². The molecule has 1 amide bonds. The van der Waals surface area contributed by atoms with Crippen molar-refractivity contribution in [2.75, 3.05) is 44.4 Å². The van der Waals surface area contributed by atoms with Crippen molar-refractivity contribution in [2.45, 2.75) is 6.04 Å². The van der Waals surface area contributed by atoms with E-state index in [-0.39, 0.29) is 11.9 Å². The predicted molar refractivity (Wildman–Crippen MR) is 89.7 cm³/mol. The number of rotatable bonds is 3. The van der Waals surface area contributed by atoms with E-state index in [1.54, 1.807) is 0 Å².